The van der Waals surface area contributed by atoms with Crippen molar-refractivity contribution in [1.82, 2.24) is 5.06 Å². The summed E-state index contributed by atoms with van der Waals surface area (Å²) < 4.78 is 22.5. The smallest absolute Gasteiger partial charge is 0.324 e. The first-order chi connectivity index (χ1) is 11.8. The van der Waals surface area contributed by atoms with E-state index in [0.717, 1.165) is 6.26 Å². The minimum absolute atomic E-state index is 0.0915. The molecule has 0 saturated carbocycles. The molecule has 0 atom stereocenters. The first-order valence-corrected chi connectivity index (χ1v) is 9.29. The molecule has 3 rings (SSSR count). The molecule has 0 bridgehead atoms. The molecule has 0 aliphatic carbocycles. The van der Waals surface area contributed by atoms with E-state index in [1.807, 2.05) is 0 Å². The Balaban J connectivity index is 1.75. The zero-order valence-corrected chi connectivity index (χ0v) is 13.9. The number of hydrogen-bond donors (Lipinski definition) is 0. The van der Waals surface area contributed by atoms with Gasteiger partial charge in [-0.15, -0.1) is 0 Å². The van der Waals surface area contributed by atoms with Crippen molar-refractivity contribution >= 4 is 27.6 Å². The highest BCUT2D eigenvalue weighted by Gasteiger charge is 2.38. The average Bonchev–Trinajstić information content (AvgIpc) is 2.79. The maximum Gasteiger partial charge on any atom is 0.363 e. The third-order valence-electron chi connectivity index (χ3n) is 3.55. The molecular weight excluding hydrogens is 346 g/mol. The molecule has 1 heterocycles. The number of nitrogens with zero attached hydrogens (tertiary/aromatic N) is 1. The van der Waals surface area contributed by atoms with Crippen LogP contribution in [0.25, 0.3) is 0 Å². The van der Waals surface area contributed by atoms with E-state index in [2.05, 4.69) is 0 Å². The minimum atomic E-state index is -3.19. The third-order valence-corrected chi connectivity index (χ3v) is 4.41. The van der Waals surface area contributed by atoms with Gasteiger partial charge in [-0.05, 0) is 29.8 Å². The Morgan fingerprint density at radius 2 is 1.48 bits per heavy atom. The molecule has 25 heavy (non-hydrogen) atoms. The quantitative estimate of drug-likeness (QED) is 0.769. The van der Waals surface area contributed by atoms with Crippen molar-refractivity contribution < 1.29 is 27.6 Å². The molecule has 128 valence electrons. The summed E-state index contributed by atoms with van der Waals surface area (Å²) in [5.74, 6) is -2.45. The number of hydrogen-bond acceptors (Lipinski definition) is 6. The SMILES string of the molecule is CS(=O)(=O)Cc1ccc(C(=O)ON2C(=O)c3ccccc3C2=O)cc1. The van der Waals surface area contributed by atoms with Crippen molar-refractivity contribution in [3.8, 4) is 0 Å². The van der Waals surface area contributed by atoms with E-state index < -0.39 is 27.6 Å². The van der Waals surface area contributed by atoms with Crippen LogP contribution in [0.3, 0.4) is 0 Å². The fourth-order valence-electron chi connectivity index (χ4n) is 2.43. The predicted octanol–water partition coefficient (Wildman–Crippen LogP) is 1.60. The highest BCUT2D eigenvalue weighted by Crippen LogP contribution is 2.23. The Bertz CT molecular complexity index is 943. The second-order valence-corrected chi connectivity index (χ2v) is 7.74. The standard InChI is InChI=1S/C17H13NO6S/c1-25(22,23)10-11-6-8-12(9-7-11)17(21)24-18-15(19)13-4-2-3-5-14(13)16(18)20/h2-9H,10H2,1H3. The van der Waals surface area contributed by atoms with Crippen molar-refractivity contribution in [3.05, 3.63) is 70.8 Å². The molecule has 0 N–H and O–H groups in total. The highest BCUT2D eigenvalue weighted by molar-refractivity contribution is 7.89. The van der Waals surface area contributed by atoms with E-state index in [0.29, 0.717) is 10.6 Å². The van der Waals surface area contributed by atoms with Crippen LogP contribution in [0.15, 0.2) is 48.5 Å². The van der Waals surface area contributed by atoms with E-state index in [4.69, 9.17) is 4.84 Å². The van der Waals surface area contributed by atoms with Gasteiger partial charge in [0.05, 0.1) is 22.4 Å². The molecule has 8 heteroatoms. The number of benzene rings is 2. The lowest BCUT2D eigenvalue weighted by atomic mass is 10.1. The summed E-state index contributed by atoms with van der Waals surface area (Å²) >= 11 is 0. The fourth-order valence-corrected chi connectivity index (χ4v) is 3.22. The van der Waals surface area contributed by atoms with Gasteiger partial charge in [-0.2, -0.15) is 0 Å². The summed E-state index contributed by atoms with van der Waals surface area (Å²) in [6.45, 7) is 0. The van der Waals surface area contributed by atoms with Crippen LogP contribution < -0.4 is 0 Å². The number of amides is 2. The summed E-state index contributed by atoms with van der Waals surface area (Å²) in [5, 5.41) is 0.428. The number of hydroxylamine groups is 2. The Morgan fingerprint density at radius 1 is 0.960 bits per heavy atom. The molecule has 0 spiro atoms. The van der Waals surface area contributed by atoms with Crippen molar-refractivity contribution in [2.75, 3.05) is 6.26 Å². The number of imide groups is 1. The van der Waals surface area contributed by atoms with Gasteiger partial charge in [0.25, 0.3) is 11.8 Å². The van der Waals surface area contributed by atoms with Gasteiger partial charge in [0.15, 0.2) is 9.84 Å². The summed E-state index contributed by atoms with van der Waals surface area (Å²) in [5.41, 5.74) is 0.946. The van der Waals surface area contributed by atoms with Crippen LogP contribution in [0.4, 0.5) is 0 Å². The normalized spacial score (nSPS) is 13.7. The van der Waals surface area contributed by atoms with Gasteiger partial charge >= 0.3 is 5.97 Å². The Morgan fingerprint density at radius 3 is 1.96 bits per heavy atom. The monoisotopic (exact) mass is 359 g/mol. The van der Waals surface area contributed by atoms with Gasteiger partial charge in [-0.3, -0.25) is 9.59 Å². The van der Waals surface area contributed by atoms with Crippen LogP contribution in [-0.2, 0) is 20.4 Å². The van der Waals surface area contributed by atoms with Crippen molar-refractivity contribution in [1.29, 1.82) is 0 Å². The second-order valence-electron chi connectivity index (χ2n) is 5.60. The number of rotatable bonds is 4. The first kappa shape index (κ1) is 16.8. The number of carbonyl (C=O) groups is 3. The van der Waals surface area contributed by atoms with Crippen molar-refractivity contribution in [2.24, 2.45) is 0 Å². The average molecular weight is 359 g/mol. The number of carbonyl (C=O) groups excluding carboxylic acids is 3. The molecule has 0 unspecified atom stereocenters. The number of fused-ring (bicyclic) bond motifs is 1. The van der Waals surface area contributed by atoms with Gasteiger partial charge in [0.1, 0.15) is 0 Å². The summed E-state index contributed by atoms with van der Waals surface area (Å²) in [6.07, 6.45) is 1.11. The lowest BCUT2D eigenvalue weighted by Crippen LogP contribution is -2.32. The van der Waals surface area contributed by atoms with Gasteiger partial charge in [-0.25, -0.2) is 13.2 Å². The molecule has 2 amide bonds. The molecule has 2 aromatic carbocycles. The minimum Gasteiger partial charge on any atom is -0.324 e. The molecule has 0 saturated heterocycles. The lowest BCUT2D eigenvalue weighted by Gasteiger charge is -2.12. The largest absolute Gasteiger partial charge is 0.363 e. The Labute approximate surface area is 143 Å². The molecule has 0 radical (unpaired) electrons. The molecule has 7 nitrogen and oxygen atoms in total. The molecular formula is C17H13NO6S. The van der Waals surface area contributed by atoms with Gasteiger partial charge < -0.3 is 4.84 Å². The summed E-state index contributed by atoms with van der Waals surface area (Å²) in [6, 6.07) is 11.9. The topological polar surface area (TPSA) is 97.8 Å². The van der Waals surface area contributed by atoms with Crippen LogP contribution in [-0.4, -0.2) is 37.5 Å². The first-order valence-electron chi connectivity index (χ1n) is 7.23. The molecule has 2 aromatic rings. The second kappa shape index (κ2) is 6.14. The van der Waals surface area contributed by atoms with E-state index in [1.165, 1.54) is 36.4 Å². The van der Waals surface area contributed by atoms with Gasteiger partial charge in [-0.1, -0.05) is 29.3 Å². The number of sulfone groups is 1. The molecule has 1 aliphatic rings. The van der Waals surface area contributed by atoms with E-state index in [-0.39, 0.29) is 22.4 Å². The van der Waals surface area contributed by atoms with Crippen molar-refractivity contribution in [3.63, 3.8) is 0 Å². The molecule has 1 aliphatic heterocycles. The maximum absolute atomic E-state index is 12.2. The molecule has 0 aromatic heterocycles. The highest BCUT2D eigenvalue weighted by atomic mass is 32.2. The molecule has 0 fully saturated rings. The third kappa shape index (κ3) is 3.43. The zero-order chi connectivity index (χ0) is 18.2. The van der Waals surface area contributed by atoms with Crippen LogP contribution in [0, 0.1) is 0 Å². The maximum atomic E-state index is 12.2. The Hall–Kier alpha value is -3.00. The van der Waals surface area contributed by atoms with E-state index in [1.54, 1.807) is 12.1 Å². The van der Waals surface area contributed by atoms with Crippen molar-refractivity contribution in [2.45, 2.75) is 5.75 Å². The lowest BCUT2D eigenvalue weighted by molar-refractivity contribution is -0.0584. The Kier molecular flexibility index (Phi) is 4.13. The van der Waals surface area contributed by atoms with Gasteiger partial charge in [0.2, 0.25) is 0 Å². The van der Waals surface area contributed by atoms with Crippen LogP contribution in [0.2, 0.25) is 0 Å². The van der Waals surface area contributed by atoms with E-state index >= 15 is 0 Å². The summed E-state index contributed by atoms with van der Waals surface area (Å²) in [4.78, 5) is 41.4. The summed E-state index contributed by atoms with van der Waals surface area (Å²) in [7, 11) is -3.19. The van der Waals surface area contributed by atoms with Crippen LogP contribution in [0.1, 0.15) is 36.6 Å². The predicted molar refractivity (Wildman–Crippen MR) is 87.3 cm³/mol. The van der Waals surface area contributed by atoms with E-state index in [9.17, 15) is 22.8 Å². The van der Waals surface area contributed by atoms with Crippen LogP contribution >= 0.6 is 0 Å². The van der Waals surface area contributed by atoms with Crippen LogP contribution in [0.5, 0.6) is 0 Å². The van der Waals surface area contributed by atoms with Gasteiger partial charge in [0, 0.05) is 6.26 Å². The zero-order valence-electron chi connectivity index (χ0n) is 13.1. The fraction of sp³-hybridized carbons (Fsp3) is 0.118.